The summed E-state index contributed by atoms with van der Waals surface area (Å²) < 4.78 is 28.7. The zero-order chi connectivity index (χ0) is 71.2. The number of carbonyl (C=O) groups is 10. The van der Waals surface area contributed by atoms with Crippen molar-refractivity contribution in [1.82, 2.24) is 36.1 Å². The minimum Gasteiger partial charge on any atom is -0.445 e. The van der Waals surface area contributed by atoms with Crippen molar-refractivity contribution in [2.45, 2.75) is 194 Å². The number of rotatable bonds is 45. The number of benzene rings is 2. The van der Waals surface area contributed by atoms with Crippen LogP contribution in [0.1, 0.15) is 155 Å². The third kappa shape index (κ3) is 26.1. The van der Waals surface area contributed by atoms with Crippen molar-refractivity contribution in [3.05, 3.63) is 87.9 Å². The molecule has 24 nitrogen and oxygen atoms in total. The molecule has 1 aliphatic rings. The maximum Gasteiger partial charge on any atom is 0.408 e. The van der Waals surface area contributed by atoms with E-state index >= 15 is 0 Å². The SMILES string of the molecule is CC[C@H](C)[C@@H]([C@@H](CC(=O)N1CCC[C@H]1[C@H](OC)[C@@H](C)C(=O)C[C@@H](Cc1ccccc1)c1nccs1)OC)N(C)C(=O)[C@@H](CC(=O)C(C)(C)NC(=O)OCc1ccc(CC(=O)[C@H](CCCNC(N)=O)NC(=O)[C@@H](CC(=O)[C@@H](COCCOCCN)NC(C)=O)C(C)C)cc1)C(C)C. The first-order valence-electron chi connectivity index (χ1n) is 33.7. The van der Waals surface area contributed by atoms with Gasteiger partial charge in [0.05, 0.1) is 73.7 Å². The minimum absolute atomic E-state index is 0.0334. The van der Waals surface area contributed by atoms with Gasteiger partial charge < -0.3 is 66.2 Å². The van der Waals surface area contributed by atoms with Crippen molar-refractivity contribution < 1.29 is 71.6 Å². The number of alkyl carbamates (subject to hydrolysis) is 1. The number of nitrogens with one attached hydrogen (secondary N) is 4. The summed E-state index contributed by atoms with van der Waals surface area (Å²) >= 11 is 1.53. The fraction of sp³-hybridized carbons (Fsp3) is 0.648. The first-order chi connectivity index (χ1) is 45.6. The molecule has 7 amide bonds. The highest BCUT2D eigenvalue weighted by Crippen LogP contribution is 2.34. The van der Waals surface area contributed by atoms with Gasteiger partial charge in [-0.2, -0.15) is 0 Å². The molecule has 0 radical (unpaired) electrons. The second-order valence-corrected chi connectivity index (χ2v) is 27.5. The molecule has 0 spiro atoms. The van der Waals surface area contributed by atoms with Gasteiger partial charge in [-0.05, 0) is 80.4 Å². The fourth-order valence-electron chi connectivity index (χ4n) is 12.3. The molecule has 2 aromatic carbocycles. The van der Waals surface area contributed by atoms with Gasteiger partial charge in [0.1, 0.15) is 18.4 Å². The lowest BCUT2D eigenvalue weighted by Crippen LogP contribution is -2.55. The number of likely N-dealkylation sites (N-methyl/N-ethyl adjacent to an activating group) is 1. The molecule has 1 fully saturated rings. The molecule has 25 heteroatoms. The van der Waals surface area contributed by atoms with Gasteiger partial charge in [0, 0.05) is 109 Å². The lowest BCUT2D eigenvalue weighted by Gasteiger charge is -2.41. The number of ether oxygens (including phenoxy) is 5. The second kappa shape index (κ2) is 41.3. The number of ketones is 4. The monoisotopic (exact) mass is 1360 g/mol. The first kappa shape index (κ1) is 81.4. The number of urea groups is 1. The number of nitrogens with zero attached hydrogens (tertiary/aromatic N) is 3. The van der Waals surface area contributed by atoms with E-state index in [2.05, 4.69) is 38.4 Å². The summed E-state index contributed by atoms with van der Waals surface area (Å²) in [7, 11) is 4.80. The first-order valence-corrected chi connectivity index (χ1v) is 34.6. The predicted molar refractivity (Wildman–Crippen MR) is 366 cm³/mol. The van der Waals surface area contributed by atoms with Crippen LogP contribution >= 0.6 is 11.3 Å². The minimum atomic E-state index is -1.47. The number of hydrogen-bond acceptors (Lipinski definition) is 18. The smallest absolute Gasteiger partial charge is 0.408 e. The Morgan fingerprint density at radius 1 is 0.781 bits per heavy atom. The summed E-state index contributed by atoms with van der Waals surface area (Å²) in [5, 5.41) is 13.4. The quantitative estimate of drug-likeness (QED) is 0.0308. The van der Waals surface area contributed by atoms with Crippen LogP contribution in [-0.4, -0.2) is 183 Å². The molecule has 2 heterocycles. The zero-order valence-electron chi connectivity index (χ0n) is 58.8. The maximum atomic E-state index is 14.8. The van der Waals surface area contributed by atoms with Crippen LogP contribution in [0.3, 0.4) is 0 Å². The van der Waals surface area contributed by atoms with Gasteiger partial charge in [-0.25, -0.2) is 14.6 Å². The van der Waals surface area contributed by atoms with Crippen molar-refractivity contribution in [1.29, 1.82) is 0 Å². The Balaban J connectivity index is 1.37. The fourth-order valence-corrected chi connectivity index (χ4v) is 13.1. The van der Waals surface area contributed by atoms with E-state index in [0.29, 0.717) is 50.1 Å². The van der Waals surface area contributed by atoms with Crippen molar-refractivity contribution in [3.8, 4) is 0 Å². The van der Waals surface area contributed by atoms with Gasteiger partial charge in [0.2, 0.25) is 23.6 Å². The number of aromatic nitrogens is 1. The lowest BCUT2D eigenvalue weighted by molar-refractivity contribution is -0.149. The number of primary amides is 1. The van der Waals surface area contributed by atoms with Crippen LogP contribution in [0.15, 0.2) is 66.2 Å². The molecule has 3 aromatic rings. The molecule has 0 bridgehead atoms. The van der Waals surface area contributed by atoms with Crippen LogP contribution in [0.4, 0.5) is 9.59 Å². The molecule has 1 saturated heterocycles. The van der Waals surface area contributed by atoms with E-state index in [1.807, 2.05) is 63.1 Å². The van der Waals surface area contributed by atoms with Crippen LogP contribution < -0.4 is 32.7 Å². The number of Topliss-reactive ketones (excluding diaryl/α,β-unsaturated/α-hetero) is 4. The van der Waals surface area contributed by atoms with Crippen molar-refractivity contribution in [3.63, 3.8) is 0 Å². The third-order valence-electron chi connectivity index (χ3n) is 18.3. The van der Waals surface area contributed by atoms with E-state index in [1.54, 1.807) is 77.2 Å². The topological polar surface area (TPSA) is 336 Å². The molecule has 96 heavy (non-hydrogen) atoms. The summed E-state index contributed by atoms with van der Waals surface area (Å²) in [6, 6.07) is 13.0. The van der Waals surface area contributed by atoms with Gasteiger partial charge in [-0.1, -0.05) is 109 Å². The third-order valence-corrected chi connectivity index (χ3v) is 19.2. The van der Waals surface area contributed by atoms with Crippen LogP contribution in [0, 0.1) is 35.5 Å². The summed E-state index contributed by atoms with van der Waals surface area (Å²) in [5.74, 6) is -5.75. The van der Waals surface area contributed by atoms with Gasteiger partial charge in [0.15, 0.2) is 17.3 Å². The van der Waals surface area contributed by atoms with Crippen molar-refractivity contribution >= 4 is 70.2 Å². The Kier molecular flexibility index (Phi) is 35.0. The van der Waals surface area contributed by atoms with Gasteiger partial charge in [-0.3, -0.25) is 38.4 Å². The molecule has 0 aliphatic carbocycles. The average Bonchev–Trinajstić information content (AvgIpc) is 1.68. The second-order valence-electron chi connectivity index (χ2n) is 26.5. The van der Waals surface area contributed by atoms with E-state index in [4.69, 9.17) is 35.2 Å². The highest BCUT2D eigenvalue weighted by molar-refractivity contribution is 7.09. The molecular formula is C71H109N9O15S. The van der Waals surface area contributed by atoms with Crippen molar-refractivity contribution in [2.24, 2.45) is 47.0 Å². The van der Waals surface area contributed by atoms with Crippen LogP contribution in [-0.2, 0) is 81.5 Å². The molecule has 8 N–H and O–H groups in total. The van der Waals surface area contributed by atoms with E-state index in [0.717, 1.165) is 17.0 Å². The average molecular weight is 1360 g/mol. The molecule has 4 rings (SSSR count). The van der Waals surface area contributed by atoms with Gasteiger partial charge in [-0.15, -0.1) is 11.3 Å². The molecule has 1 aliphatic heterocycles. The van der Waals surface area contributed by atoms with Gasteiger partial charge in [0.25, 0.3) is 0 Å². The molecule has 534 valence electrons. The van der Waals surface area contributed by atoms with E-state index in [-0.39, 0.29) is 131 Å². The molecule has 0 unspecified atom stereocenters. The highest BCUT2D eigenvalue weighted by Gasteiger charge is 2.44. The standard InChI is InChI=1S/C71H109N9O15S/c1-14-46(6)64(61(91-12)41-63(86)80-31-19-23-57(80)65(92-13)47(7)58(82)38-52(67-74-30-35-96-67)36-49-20-16-15-17-21-49)79(11)68(88)54(45(4)5)40-62(85)71(9,10)78-70(90)95-42-51-26-24-50(25-27-51)37-59(83)55(22-18-29-75-69(73)89)77-66(87)53(44(2)3)39-60(84)56(76-48(8)81)43-94-34-33-93-32-28-72/h15-17,20-21,24-27,30,35,44-47,52-57,61,64-65H,14,18-19,22-23,28-29,31-34,36-43,72H2,1-13H3,(H,76,81)(H,77,87)(H,78,90)(H3,73,75,89)/t46-,47-,52+,53-,54-,55-,56+,57-,61+,64-,65+/m0/s1. The van der Waals surface area contributed by atoms with Crippen LogP contribution in [0.5, 0.6) is 0 Å². The van der Waals surface area contributed by atoms with E-state index in [1.165, 1.54) is 25.4 Å². The zero-order valence-corrected chi connectivity index (χ0v) is 59.6. The number of methoxy groups -OCH3 is 2. The number of hydrogen-bond donors (Lipinski definition) is 6. The predicted octanol–water partition coefficient (Wildman–Crippen LogP) is 7.06. The lowest BCUT2D eigenvalue weighted by atomic mass is 9.83. The van der Waals surface area contributed by atoms with E-state index in [9.17, 15) is 47.9 Å². The molecule has 0 saturated carbocycles. The Bertz CT molecular complexity index is 2950. The summed E-state index contributed by atoms with van der Waals surface area (Å²) in [6.45, 7) is 18.8. The Morgan fingerprint density at radius 3 is 2.04 bits per heavy atom. The molecular weight excluding hydrogens is 1250 g/mol. The summed E-state index contributed by atoms with van der Waals surface area (Å²) in [6.07, 6.45) is 2.36. The normalized spacial score (nSPS) is 16.4. The Labute approximate surface area is 571 Å². The molecule has 11 atom stereocenters. The number of amides is 7. The number of carbonyl (C=O) groups excluding carboxylic acids is 10. The van der Waals surface area contributed by atoms with Gasteiger partial charge >= 0.3 is 12.1 Å². The van der Waals surface area contributed by atoms with Crippen LogP contribution in [0.25, 0.3) is 0 Å². The van der Waals surface area contributed by atoms with Crippen LogP contribution in [0.2, 0.25) is 0 Å². The summed E-state index contributed by atoms with van der Waals surface area (Å²) in [4.78, 5) is 144. The maximum absolute atomic E-state index is 14.8. The van der Waals surface area contributed by atoms with Crippen molar-refractivity contribution in [2.75, 3.05) is 67.3 Å². The number of nitrogens with two attached hydrogens (primary N) is 2. The molecule has 1 aromatic heterocycles. The highest BCUT2D eigenvalue weighted by atomic mass is 32.1. The summed E-state index contributed by atoms with van der Waals surface area (Å²) in [5.41, 5.74) is 11.5. The number of likely N-dealkylation sites (tertiary alicyclic amines) is 1. The largest absolute Gasteiger partial charge is 0.445 e. The van der Waals surface area contributed by atoms with E-state index < -0.39 is 89.1 Å². The Morgan fingerprint density at radius 2 is 1.45 bits per heavy atom. The number of thiazole rings is 1. The Hall–Kier alpha value is -7.03.